The van der Waals surface area contributed by atoms with Crippen molar-refractivity contribution in [3.05, 3.63) is 120 Å². The third kappa shape index (κ3) is 14.4. The molecule has 4 heterocycles. The van der Waals surface area contributed by atoms with E-state index in [1.165, 1.54) is 13.3 Å². The summed E-state index contributed by atoms with van der Waals surface area (Å²) < 4.78 is 4.90. The minimum atomic E-state index is -1.01. The zero-order valence-electron chi connectivity index (χ0n) is 35.5. The molecule has 0 amide bonds. The number of hydrogen-bond donors (Lipinski definition) is 3. The van der Waals surface area contributed by atoms with Gasteiger partial charge in [-0.25, -0.2) is 19.6 Å². The number of ether oxygens (including phenoxy) is 1. The van der Waals surface area contributed by atoms with E-state index in [9.17, 15) is 14.7 Å². The van der Waals surface area contributed by atoms with Gasteiger partial charge in [0.05, 0.1) is 40.7 Å². The number of carbonyl (C=O) groups excluding carboxylic acids is 2. The zero-order chi connectivity index (χ0) is 43.1. The van der Waals surface area contributed by atoms with Crippen LogP contribution in [0.15, 0.2) is 97.6 Å². The third-order valence-corrected chi connectivity index (χ3v) is 9.62. The summed E-state index contributed by atoms with van der Waals surface area (Å²) >= 11 is 0. The number of aliphatic hydroxyl groups excluding tert-OH is 2. The van der Waals surface area contributed by atoms with Gasteiger partial charge in [-0.15, -0.1) is 0 Å². The van der Waals surface area contributed by atoms with Crippen LogP contribution in [0.25, 0.3) is 44.3 Å². The summed E-state index contributed by atoms with van der Waals surface area (Å²) in [6, 6.07) is 21.8. The molecule has 4 aromatic heterocycles. The van der Waals surface area contributed by atoms with E-state index in [1.54, 1.807) is 42.9 Å². The molecular weight excluding hydrogens is 855 g/mol. The van der Waals surface area contributed by atoms with Gasteiger partial charge >= 0.3 is 115 Å². The third-order valence-electron chi connectivity index (χ3n) is 9.62. The first-order valence-electron chi connectivity index (χ1n) is 18.8. The van der Waals surface area contributed by atoms with Crippen molar-refractivity contribution in [2.45, 2.75) is 12.8 Å². The van der Waals surface area contributed by atoms with Gasteiger partial charge in [0.25, 0.3) is 6.47 Å². The first-order chi connectivity index (χ1) is 29.8. The van der Waals surface area contributed by atoms with E-state index in [0.29, 0.717) is 50.6 Å². The van der Waals surface area contributed by atoms with Crippen molar-refractivity contribution in [3.8, 4) is 69.9 Å². The smallest absolute Gasteiger partial charge is 1.00 e. The van der Waals surface area contributed by atoms with Gasteiger partial charge in [0.2, 0.25) is 0 Å². The Morgan fingerprint density at radius 3 is 1.54 bits per heavy atom. The van der Waals surface area contributed by atoms with Crippen molar-refractivity contribution in [2.24, 2.45) is 23.7 Å². The van der Waals surface area contributed by atoms with Crippen molar-refractivity contribution in [3.63, 3.8) is 0 Å². The van der Waals surface area contributed by atoms with Gasteiger partial charge in [0.1, 0.15) is 0 Å². The molecule has 0 bridgehead atoms. The van der Waals surface area contributed by atoms with Crippen LogP contribution in [0.2, 0.25) is 0 Å². The Morgan fingerprint density at radius 2 is 1.16 bits per heavy atom. The molecule has 3 N–H and O–H groups in total. The number of pyridine rings is 4. The van der Waals surface area contributed by atoms with Crippen molar-refractivity contribution in [1.29, 1.82) is 0 Å². The maximum absolute atomic E-state index is 12.2. The van der Waals surface area contributed by atoms with Crippen molar-refractivity contribution >= 4 is 40.2 Å². The molecule has 0 radical (unpaired) electrons. The standard InChI is InChI=1S/C24H18N2O3.C23H16N2O3.CH2O3.2K.H/c1-29-24(28)20-13-23(26-22-10-11-25-14-21(20)22)17-8-6-16(7-9-17)4-2-3-5-18-12-19(18)15-27;26-14-18-11-17(18)4-2-1-3-15-5-7-16(8-6-15)22-12-19(23(27)28)20-13-24-10-9-21(20)25-22;2-1-4-3;;;/h6-11,13-14,18-19,27H,12,15H2,1H3;5-10,12-13,17-18,26H,11,14H2,(H,27,28);1,3H;;;/q;;;2*+1;-1/p-1/t18-,19+;17-,18+;;;;/m11..../s1. The van der Waals surface area contributed by atoms with Crippen molar-refractivity contribution in [1.82, 2.24) is 19.9 Å². The average molecular weight is 891 g/mol. The normalized spacial score (nSPS) is 15.7. The van der Waals surface area contributed by atoms with Gasteiger partial charge in [0.15, 0.2) is 0 Å². The number of aromatic carboxylic acids is 1. The first kappa shape index (κ1) is 51.0. The molecular formula is C48H36K2N4O9. The summed E-state index contributed by atoms with van der Waals surface area (Å²) in [6.45, 7) is 0.211. The number of methoxy groups -OCH3 is 1. The second kappa shape index (κ2) is 25.6. The first-order valence-corrected chi connectivity index (χ1v) is 18.8. The number of fused-ring (bicyclic) bond motifs is 2. The van der Waals surface area contributed by atoms with Crippen LogP contribution in [0.5, 0.6) is 0 Å². The van der Waals surface area contributed by atoms with Crippen LogP contribution in [0.4, 0.5) is 0 Å². The quantitative estimate of drug-likeness (QED) is 0.0422. The second-order valence-electron chi connectivity index (χ2n) is 13.6. The van der Waals surface area contributed by atoms with Crippen LogP contribution in [0.3, 0.4) is 0 Å². The molecule has 2 fully saturated rings. The van der Waals surface area contributed by atoms with Crippen molar-refractivity contribution < 1.29 is 149 Å². The molecule has 2 aliphatic carbocycles. The average Bonchev–Trinajstić information content (AvgIpc) is 4.25. The van der Waals surface area contributed by atoms with E-state index in [1.807, 2.05) is 48.5 Å². The fourth-order valence-corrected chi connectivity index (χ4v) is 6.05. The molecule has 0 unspecified atom stereocenters. The Morgan fingerprint density at radius 1 is 0.730 bits per heavy atom. The van der Waals surface area contributed by atoms with Crippen LogP contribution in [0, 0.1) is 71.0 Å². The number of aromatic nitrogens is 4. The summed E-state index contributed by atoms with van der Waals surface area (Å²) in [4.78, 5) is 52.3. The van der Waals surface area contributed by atoms with E-state index in [0.717, 1.165) is 35.1 Å². The maximum Gasteiger partial charge on any atom is 1.00 e. The minimum absolute atomic E-state index is 0. The zero-order valence-corrected chi connectivity index (χ0v) is 40.8. The Kier molecular flexibility index (Phi) is 20.7. The molecule has 0 saturated heterocycles. The molecule has 304 valence electrons. The predicted octanol–water partition coefficient (Wildman–Crippen LogP) is -1.40. The molecule has 6 aromatic rings. The molecule has 13 nitrogen and oxygen atoms in total. The number of benzene rings is 2. The summed E-state index contributed by atoms with van der Waals surface area (Å²) in [5.41, 5.74) is 6.46. The Bertz CT molecular complexity index is 2850. The second-order valence-corrected chi connectivity index (χ2v) is 13.6. The van der Waals surface area contributed by atoms with Crippen molar-refractivity contribution in [2.75, 3.05) is 20.3 Å². The van der Waals surface area contributed by atoms with Crippen LogP contribution in [0.1, 0.15) is 46.1 Å². The number of esters is 1. The van der Waals surface area contributed by atoms with Gasteiger partial charge < -0.3 is 31.6 Å². The van der Waals surface area contributed by atoms with Gasteiger partial charge in [-0.05, 0) is 96.9 Å². The van der Waals surface area contributed by atoms with Gasteiger partial charge in [0, 0.05) is 82.9 Å². The summed E-state index contributed by atoms with van der Waals surface area (Å²) in [5.74, 6) is 23.3. The largest absolute Gasteiger partial charge is 1.00 e. The number of hydrogen-bond acceptors (Lipinski definition) is 12. The number of carboxylic acids is 1. The maximum atomic E-state index is 12.2. The Hall–Kier alpha value is -4.64. The van der Waals surface area contributed by atoms with E-state index >= 15 is 0 Å². The number of aliphatic hydroxyl groups is 2. The van der Waals surface area contributed by atoms with Gasteiger partial charge in [-0.2, -0.15) is 0 Å². The molecule has 2 aromatic carbocycles. The topological polar surface area (TPSA) is 205 Å². The van der Waals surface area contributed by atoms with Crippen LogP contribution >= 0.6 is 0 Å². The van der Waals surface area contributed by atoms with Crippen LogP contribution < -0.4 is 108 Å². The molecule has 15 heteroatoms. The van der Waals surface area contributed by atoms with E-state index in [-0.39, 0.29) is 141 Å². The molecule has 2 saturated carbocycles. The molecule has 0 spiro atoms. The molecule has 2 aliphatic rings. The summed E-state index contributed by atoms with van der Waals surface area (Å²) in [6.07, 6.45) is 8.27. The monoisotopic (exact) mass is 890 g/mol. The van der Waals surface area contributed by atoms with E-state index in [4.69, 9.17) is 25.0 Å². The Balaban J connectivity index is 0.000000301. The molecule has 8 rings (SSSR count). The molecule has 0 aliphatic heterocycles. The minimum Gasteiger partial charge on any atom is -1.00 e. The number of rotatable bonds is 7. The van der Waals surface area contributed by atoms with E-state index in [2.05, 4.69) is 72.2 Å². The SMILES string of the molecule is COC(=O)c1cc(-c2ccc(C#CC#C[C@@H]3C[C@H]3CO)cc2)nc2ccncc12.O=C(O)c1cc(-c2ccc(C#CC#C[C@@H]3C[C@H]3CO)cc2)nc2ccncc12.O=CO[O-].[H-].[K+].[K+]. The number of carbonyl (C=O) groups is 3. The van der Waals surface area contributed by atoms with Gasteiger partial charge in [-0.3, -0.25) is 14.8 Å². The number of carboxylic acid groups (broad SMARTS) is 1. The Labute approximate surface area is 449 Å². The fraction of sp³-hybridized carbons (Fsp3) is 0.188. The molecule has 4 atom stereocenters. The predicted molar refractivity (Wildman–Crippen MR) is 223 cm³/mol. The summed E-state index contributed by atoms with van der Waals surface area (Å²) in [5, 5.41) is 37.1. The fourth-order valence-electron chi connectivity index (χ4n) is 6.05. The molecule has 63 heavy (non-hydrogen) atoms. The number of nitrogens with zero attached hydrogens (tertiary/aromatic N) is 4. The van der Waals surface area contributed by atoms with Gasteiger partial charge in [-0.1, -0.05) is 47.9 Å². The van der Waals surface area contributed by atoms with E-state index < -0.39 is 11.9 Å². The van der Waals surface area contributed by atoms with Crippen LogP contribution in [-0.4, -0.2) is 74.0 Å². The summed E-state index contributed by atoms with van der Waals surface area (Å²) in [7, 11) is 1.36. The van der Waals surface area contributed by atoms with Crippen LogP contribution in [-0.2, 0) is 14.4 Å².